The average molecular weight is 348 g/mol. The smallest absolute Gasteiger partial charge is 0.412 e. The number of aliphatic hydroxyl groups is 1. The molecule has 1 aromatic carbocycles. The highest BCUT2D eigenvalue weighted by Crippen LogP contribution is 2.30. The minimum atomic E-state index is -0.946. The molecule has 1 aliphatic rings. The van der Waals surface area contributed by atoms with Gasteiger partial charge in [0.15, 0.2) is 0 Å². The Kier molecular flexibility index (Phi) is 6.06. The molecular formula is C19H28N2O4. The third-order valence-corrected chi connectivity index (χ3v) is 4.17. The second-order valence-corrected chi connectivity index (χ2v) is 7.53. The van der Waals surface area contributed by atoms with Crippen LogP contribution in [0.25, 0.3) is 0 Å². The normalized spacial score (nSPS) is 17.1. The van der Waals surface area contributed by atoms with E-state index in [-0.39, 0.29) is 5.91 Å². The summed E-state index contributed by atoms with van der Waals surface area (Å²) in [6.45, 7) is 8.25. The molecule has 1 heterocycles. The van der Waals surface area contributed by atoms with Gasteiger partial charge in [-0.2, -0.15) is 0 Å². The number of ether oxygens (including phenoxy) is 1. The van der Waals surface area contributed by atoms with Gasteiger partial charge in [-0.25, -0.2) is 4.79 Å². The van der Waals surface area contributed by atoms with E-state index in [0.29, 0.717) is 24.7 Å². The quantitative estimate of drug-likeness (QED) is 0.880. The molecule has 6 heteroatoms. The lowest BCUT2D eigenvalue weighted by Gasteiger charge is -2.33. The minimum absolute atomic E-state index is 0.209. The highest BCUT2D eigenvalue weighted by atomic mass is 16.6. The van der Waals surface area contributed by atoms with Crippen LogP contribution in [0.4, 0.5) is 10.5 Å². The third kappa shape index (κ3) is 5.74. The fourth-order valence-electron chi connectivity index (χ4n) is 2.99. The number of anilines is 1. The Morgan fingerprint density at radius 1 is 1.28 bits per heavy atom. The molecule has 1 atom stereocenters. The maximum Gasteiger partial charge on any atom is 0.412 e. The Hall–Kier alpha value is -2.08. The molecule has 0 radical (unpaired) electrons. The van der Waals surface area contributed by atoms with Gasteiger partial charge in [-0.05, 0) is 64.2 Å². The van der Waals surface area contributed by atoms with Crippen molar-refractivity contribution in [2.45, 2.75) is 58.2 Å². The fourth-order valence-corrected chi connectivity index (χ4v) is 2.99. The maximum atomic E-state index is 11.9. The van der Waals surface area contributed by atoms with E-state index < -0.39 is 17.8 Å². The number of benzene rings is 1. The van der Waals surface area contributed by atoms with Crippen molar-refractivity contribution in [3.05, 3.63) is 29.8 Å². The number of amides is 2. The second kappa shape index (κ2) is 7.87. The SMILES string of the molecule is C[C@@H](O)C(=O)N1CCC(c2cccc(NC(=O)OC(C)(C)C)c2)CC1. The molecule has 0 saturated carbocycles. The van der Waals surface area contributed by atoms with Crippen LogP contribution in [0, 0.1) is 0 Å². The summed E-state index contributed by atoms with van der Waals surface area (Å²) in [5.41, 5.74) is 1.30. The van der Waals surface area contributed by atoms with Gasteiger partial charge < -0.3 is 14.7 Å². The molecule has 0 bridgehead atoms. The maximum absolute atomic E-state index is 11.9. The molecule has 25 heavy (non-hydrogen) atoms. The van der Waals surface area contributed by atoms with Crippen molar-refractivity contribution in [1.82, 2.24) is 4.90 Å². The Balaban J connectivity index is 1.96. The molecule has 0 aliphatic carbocycles. The van der Waals surface area contributed by atoms with Crippen molar-refractivity contribution in [3.63, 3.8) is 0 Å². The van der Waals surface area contributed by atoms with Crippen molar-refractivity contribution in [3.8, 4) is 0 Å². The molecule has 1 fully saturated rings. The first-order valence-electron chi connectivity index (χ1n) is 8.72. The lowest BCUT2D eigenvalue weighted by molar-refractivity contribution is -0.140. The van der Waals surface area contributed by atoms with Crippen molar-refractivity contribution < 1.29 is 19.4 Å². The molecule has 2 rings (SSSR count). The van der Waals surface area contributed by atoms with Crippen LogP contribution in [0.5, 0.6) is 0 Å². The van der Waals surface area contributed by atoms with E-state index in [9.17, 15) is 14.7 Å². The van der Waals surface area contributed by atoms with Crippen molar-refractivity contribution in [2.24, 2.45) is 0 Å². The van der Waals surface area contributed by atoms with Gasteiger partial charge >= 0.3 is 6.09 Å². The number of nitrogens with one attached hydrogen (secondary N) is 1. The monoisotopic (exact) mass is 348 g/mol. The van der Waals surface area contributed by atoms with Crippen LogP contribution >= 0.6 is 0 Å². The van der Waals surface area contributed by atoms with Crippen LogP contribution in [0.3, 0.4) is 0 Å². The number of likely N-dealkylation sites (tertiary alicyclic amines) is 1. The predicted molar refractivity (Wildman–Crippen MR) is 96.5 cm³/mol. The number of carbonyl (C=O) groups is 2. The molecule has 0 spiro atoms. The fraction of sp³-hybridized carbons (Fsp3) is 0.579. The van der Waals surface area contributed by atoms with E-state index in [4.69, 9.17) is 4.74 Å². The molecule has 1 aromatic rings. The van der Waals surface area contributed by atoms with E-state index in [1.54, 1.807) is 4.90 Å². The average Bonchev–Trinajstić information content (AvgIpc) is 2.52. The van der Waals surface area contributed by atoms with Gasteiger partial charge in [-0.15, -0.1) is 0 Å². The standard InChI is InChI=1S/C19H28N2O4/c1-13(22)17(23)21-10-8-14(9-11-21)15-6-5-7-16(12-15)20-18(24)25-19(2,3)4/h5-7,12-14,22H,8-11H2,1-4H3,(H,20,24)/t13-/m1/s1. The zero-order valence-electron chi connectivity index (χ0n) is 15.4. The molecule has 2 amide bonds. The largest absolute Gasteiger partial charge is 0.444 e. The number of carbonyl (C=O) groups excluding carboxylic acids is 2. The summed E-state index contributed by atoms with van der Waals surface area (Å²) in [4.78, 5) is 25.5. The second-order valence-electron chi connectivity index (χ2n) is 7.53. The Bertz CT molecular complexity index is 614. The van der Waals surface area contributed by atoms with Gasteiger partial charge in [0, 0.05) is 18.8 Å². The van der Waals surface area contributed by atoms with Crippen LogP contribution in [-0.4, -0.2) is 46.8 Å². The predicted octanol–water partition coefficient (Wildman–Crippen LogP) is 3.12. The number of nitrogens with zero attached hydrogens (tertiary/aromatic N) is 1. The number of aliphatic hydroxyl groups excluding tert-OH is 1. The summed E-state index contributed by atoms with van der Waals surface area (Å²) in [6, 6.07) is 7.74. The van der Waals surface area contributed by atoms with E-state index in [0.717, 1.165) is 18.4 Å². The summed E-state index contributed by atoms with van der Waals surface area (Å²) >= 11 is 0. The first kappa shape index (κ1) is 19.2. The van der Waals surface area contributed by atoms with Crippen LogP contribution in [-0.2, 0) is 9.53 Å². The Morgan fingerprint density at radius 2 is 1.92 bits per heavy atom. The lowest BCUT2D eigenvalue weighted by atomic mass is 9.89. The number of rotatable bonds is 3. The molecule has 6 nitrogen and oxygen atoms in total. The van der Waals surface area contributed by atoms with E-state index in [1.165, 1.54) is 6.92 Å². The molecule has 2 N–H and O–H groups in total. The molecule has 138 valence electrons. The highest BCUT2D eigenvalue weighted by Gasteiger charge is 2.26. The van der Waals surface area contributed by atoms with Gasteiger partial charge in [0.05, 0.1) is 0 Å². The molecule has 1 saturated heterocycles. The summed E-state index contributed by atoms with van der Waals surface area (Å²) < 4.78 is 5.27. The Labute approximate surface area is 149 Å². The summed E-state index contributed by atoms with van der Waals surface area (Å²) in [7, 11) is 0. The third-order valence-electron chi connectivity index (χ3n) is 4.17. The zero-order valence-corrected chi connectivity index (χ0v) is 15.4. The highest BCUT2D eigenvalue weighted by molar-refractivity contribution is 5.85. The van der Waals surface area contributed by atoms with E-state index >= 15 is 0 Å². The topological polar surface area (TPSA) is 78.9 Å². The van der Waals surface area contributed by atoms with E-state index in [1.807, 2.05) is 45.0 Å². The van der Waals surface area contributed by atoms with Gasteiger partial charge in [-0.1, -0.05) is 12.1 Å². The van der Waals surface area contributed by atoms with Crippen LogP contribution in [0.1, 0.15) is 52.0 Å². The van der Waals surface area contributed by atoms with Crippen LogP contribution in [0.2, 0.25) is 0 Å². The van der Waals surface area contributed by atoms with Gasteiger partial charge in [0.2, 0.25) is 0 Å². The molecule has 0 unspecified atom stereocenters. The summed E-state index contributed by atoms with van der Waals surface area (Å²) in [5.74, 6) is 0.122. The van der Waals surface area contributed by atoms with Gasteiger partial charge in [-0.3, -0.25) is 10.1 Å². The van der Waals surface area contributed by atoms with Crippen molar-refractivity contribution in [1.29, 1.82) is 0 Å². The minimum Gasteiger partial charge on any atom is -0.444 e. The molecule has 0 aromatic heterocycles. The van der Waals surface area contributed by atoms with Gasteiger partial charge in [0.1, 0.15) is 11.7 Å². The first-order valence-corrected chi connectivity index (χ1v) is 8.72. The zero-order chi connectivity index (χ0) is 18.6. The lowest BCUT2D eigenvalue weighted by Crippen LogP contribution is -2.42. The number of piperidine rings is 1. The van der Waals surface area contributed by atoms with E-state index in [2.05, 4.69) is 5.32 Å². The van der Waals surface area contributed by atoms with Crippen molar-refractivity contribution >= 4 is 17.7 Å². The summed E-state index contributed by atoms with van der Waals surface area (Å²) in [5, 5.41) is 12.2. The van der Waals surface area contributed by atoms with Crippen molar-refractivity contribution in [2.75, 3.05) is 18.4 Å². The van der Waals surface area contributed by atoms with Gasteiger partial charge in [0.25, 0.3) is 5.91 Å². The molecular weight excluding hydrogens is 320 g/mol. The number of hydrogen-bond acceptors (Lipinski definition) is 4. The van der Waals surface area contributed by atoms with Crippen LogP contribution in [0.15, 0.2) is 24.3 Å². The molecule has 1 aliphatic heterocycles. The summed E-state index contributed by atoms with van der Waals surface area (Å²) in [6.07, 6.45) is 0.266. The number of hydrogen-bond donors (Lipinski definition) is 2. The van der Waals surface area contributed by atoms with Crippen LogP contribution < -0.4 is 5.32 Å². The Morgan fingerprint density at radius 3 is 2.48 bits per heavy atom. The first-order chi connectivity index (χ1) is 11.7.